The van der Waals surface area contributed by atoms with Crippen molar-refractivity contribution in [3.8, 4) is 11.5 Å². The molecular weight excluding hydrogens is 367 g/mol. The van der Waals surface area contributed by atoms with E-state index in [4.69, 9.17) is 14.2 Å². The number of nitrogens with zero attached hydrogens (tertiary/aromatic N) is 1. The fraction of sp³-hybridized carbons (Fsp3) is 0.611. The summed E-state index contributed by atoms with van der Waals surface area (Å²) in [5, 5.41) is 11.0. The van der Waals surface area contributed by atoms with Crippen LogP contribution in [0.5, 0.6) is 11.5 Å². The Kier molecular flexibility index (Phi) is 5.64. The molecule has 2 heterocycles. The van der Waals surface area contributed by atoms with Crippen molar-refractivity contribution in [3.63, 3.8) is 0 Å². The van der Waals surface area contributed by atoms with Crippen LogP contribution in [-0.2, 0) is 15.7 Å². The van der Waals surface area contributed by atoms with Crippen LogP contribution >= 0.6 is 0 Å². The van der Waals surface area contributed by atoms with Crippen LogP contribution < -0.4 is 9.47 Å². The summed E-state index contributed by atoms with van der Waals surface area (Å²) in [7, 11) is 0. The Morgan fingerprint density at radius 3 is 2.41 bits per heavy atom. The van der Waals surface area contributed by atoms with E-state index in [1.807, 2.05) is 0 Å². The Hall–Kier alpha value is -1.84. The number of hydrogen-bond donors (Lipinski definition) is 1. The molecule has 2 bridgehead atoms. The van der Waals surface area contributed by atoms with Crippen molar-refractivity contribution < 1.29 is 37.4 Å². The van der Waals surface area contributed by atoms with E-state index in [9.17, 15) is 23.2 Å². The molecule has 9 heteroatoms. The second kappa shape index (κ2) is 7.65. The third-order valence-corrected chi connectivity index (χ3v) is 4.70. The number of fused-ring (bicyclic) bond motifs is 2. The van der Waals surface area contributed by atoms with Crippen molar-refractivity contribution in [1.82, 2.24) is 5.06 Å². The van der Waals surface area contributed by atoms with Gasteiger partial charge in [-0.3, -0.25) is 4.79 Å². The number of alkyl halides is 3. The zero-order valence-electron chi connectivity index (χ0n) is 15.0. The number of halogens is 3. The van der Waals surface area contributed by atoms with Gasteiger partial charge in [-0.05, 0) is 18.2 Å². The molecule has 1 aromatic carbocycles. The minimum Gasteiger partial charge on any atom is -0.486 e. The molecule has 2 saturated heterocycles. The number of ether oxygens (including phenoxy) is 3. The fourth-order valence-corrected chi connectivity index (χ4v) is 3.30. The predicted molar refractivity (Wildman–Crippen MR) is 87.5 cm³/mol. The molecule has 0 spiro atoms. The van der Waals surface area contributed by atoms with Crippen molar-refractivity contribution in [1.29, 1.82) is 0 Å². The number of hydroxylamine groups is 2. The van der Waals surface area contributed by atoms with E-state index in [2.05, 4.69) is 0 Å². The van der Waals surface area contributed by atoms with Gasteiger partial charge in [0.15, 0.2) is 11.5 Å². The molecule has 0 saturated carbocycles. The Labute approximate surface area is 154 Å². The van der Waals surface area contributed by atoms with Gasteiger partial charge in [0.05, 0.1) is 24.7 Å². The third-order valence-electron chi connectivity index (χ3n) is 4.70. The van der Waals surface area contributed by atoms with Crippen molar-refractivity contribution in [2.75, 3.05) is 26.3 Å². The van der Waals surface area contributed by atoms with E-state index >= 15 is 0 Å². The van der Waals surface area contributed by atoms with Crippen molar-refractivity contribution in [3.05, 3.63) is 23.8 Å². The second-order valence-electron chi connectivity index (χ2n) is 7.25. The molecule has 0 aliphatic carbocycles. The average molecular weight is 389 g/mol. The molecule has 2 aliphatic rings. The van der Waals surface area contributed by atoms with Gasteiger partial charge in [-0.15, -0.1) is 0 Å². The highest BCUT2D eigenvalue weighted by atomic mass is 19.4. The van der Waals surface area contributed by atoms with Crippen LogP contribution in [0.1, 0.15) is 19.4 Å². The minimum atomic E-state index is -4.57. The monoisotopic (exact) mass is 389 g/mol. The number of carbonyl (C=O) groups excluding carboxylic acids is 1. The van der Waals surface area contributed by atoms with Crippen LogP contribution in [0.3, 0.4) is 0 Å². The number of hydrogen-bond acceptors (Lipinski definition) is 6. The number of benzene rings is 1. The molecule has 3 rings (SSSR count). The lowest BCUT2D eigenvalue weighted by molar-refractivity contribution is -0.200. The van der Waals surface area contributed by atoms with Crippen LogP contribution in [0.15, 0.2) is 18.2 Å². The van der Waals surface area contributed by atoms with Crippen LogP contribution in [0, 0.1) is 17.8 Å². The third kappa shape index (κ3) is 4.53. The molecule has 1 N–H and O–H groups in total. The van der Waals surface area contributed by atoms with Crippen LogP contribution in [0.4, 0.5) is 13.2 Å². The highest BCUT2D eigenvalue weighted by Crippen LogP contribution is 2.39. The zero-order chi connectivity index (χ0) is 19.8. The molecule has 0 amide bonds. The van der Waals surface area contributed by atoms with Crippen molar-refractivity contribution >= 4 is 5.97 Å². The van der Waals surface area contributed by atoms with Crippen molar-refractivity contribution in [2.24, 2.45) is 17.8 Å². The van der Waals surface area contributed by atoms with Crippen LogP contribution in [0.2, 0.25) is 0 Å². The molecule has 27 heavy (non-hydrogen) atoms. The molecule has 2 atom stereocenters. The first-order chi connectivity index (χ1) is 12.6. The second-order valence-corrected chi connectivity index (χ2v) is 7.25. The molecular formula is C18H22F3NO5. The smallest absolute Gasteiger partial charge is 0.416 e. The first kappa shape index (κ1) is 19.9. The lowest BCUT2D eigenvalue weighted by atomic mass is 9.85. The summed E-state index contributed by atoms with van der Waals surface area (Å²) in [6.45, 7) is 4.61. The largest absolute Gasteiger partial charge is 0.486 e. The van der Waals surface area contributed by atoms with E-state index in [1.165, 1.54) is 11.1 Å². The number of esters is 1. The van der Waals surface area contributed by atoms with E-state index in [0.717, 1.165) is 12.1 Å². The Balaban J connectivity index is 1.88. The quantitative estimate of drug-likeness (QED) is 0.631. The Bertz CT molecular complexity index is 680. The van der Waals surface area contributed by atoms with Crippen molar-refractivity contribution in [2.45, 2.75) is 26.1 Å². The molecule has 2 aliphatic heterocycles. The van der Waals surface area contributed by atoms with E-state index < -0.39 is 23.6 Å². The summed E-state index contributed by atoms with van der Waals surface area (Å²) in [5.74, 6) is -1.61. The van der Waals surface area contributed by atoms with Gasteiger partial charge in [-0.1, -0.05) is 13.8 Å². The van der Waals surface area contributed by atoms with Crippen LogP contribution in [0.25, 0.3) is 0 Å². The number of piperidine rings is 1. The molecule has 0 aromatic heterocycles. The van der Waals surface area contributed by atoms with E-state index in [0.29, 0.717) is 26.3 Å². The molecule has 0 radical (unpaired) electrons. The zero-order valence-corrected chi connectivity index (χ0v) is 15.0. The Morgan fingerprint density at radius 1 is 1.22 bits per heavy atom. The summed E-state index contributed by atoms with van der Waals surface area (Å²) >= 11 is 0. The van der Waals surface area contributed by atoms with Gasteiger partial charge in [0.2, 0.25) is 0 Å². The summed E-state index contributed by atoms with van der Waals surface area (Å²) in [6.07, 6.45) is -4.92. The standard InChI is InChI=1S/C18H22F3NO5/c1-10(2)17(23)27-15-5-13(18(19,20)21)3-4-14(15)26-16-11-6-22(24)7-12(16)9-25-8-11/h3-5,10-12,16,24H,6-9H2,1-2H3/t11-,12-/m1/s1. The summed E-state index contributed by atoms with van der Waals surface area (Å²) in [4.78, 5) is 11.9. The topological polar surface area (TPSA) is 68.2 Å². The van der Waals surface area contributed by atoms with Gasteiger partial charge in [0, 0.05) is 24.9 Å². The highest BCUT2D eigenvalue weighted by Gasteiger charge is 2.42. The molecule has 1 aromatic rings. The van der Waals surface area contributed by atoms with E-state index in [-0.39, 0.29) is 29.4 Å². The summed E-state index contributed by atoms with van der Waals surface area (Å²) in [6, 6.07) is 2.85. The Morgan fingerprint density at radius 2 is 1.85 bits per heavy atom. The predicted octanol–water partition coefficient (Wildman–Crippen LogP) is 2.98. The van der Waals surface area contributed by atoms with Gasteiger partial charge in [0.1, 0.15) is 6.10 Å². The number of rotatable bonds is 4. The maximum Gasteiger partial charge on any atom is 0.416 e. The summed E-state index contributed by atoms with van der Waals surface area (Å²) in [5.41, 5.74) is -0.921. The van der Waals surface area contributed by atoms with Gasteiger partial charge in [-0.2, -0.15) is 18.2 Å². The molecule has 2 fully saturated rings. The van der Waals surface area contributed by atoms with Gasteiger partial charge >= 0.3 is 12.1 Å². The minimum absolute atomic E-state index is 0.0743. The lowest BCUT2D eigenvalue weighted by Crippen LogP contribution is -2.56. The van der Waals surface area contributed by atoms with Gasteiger partial charge in [0.25, 0.3) is 0 Å². The first-order valence-electron chi connectivity index (χ1n) is 8.76. The molecule has 6 nitrogen and oxygen atoms in total. The lowest BCUT2D eigenvalue weighted by Gasteiger charge is -2.44. The highest BCUT2D eigenvalue weighted by molar-refractivity contribution is 5.75. The average Bonchev–Trinajstić information content (AvgIpc) is 2.56. The SMILES string of the molecule is CC(C)C(=O)Oc1cc(C(F)(F)F)ccc1OC1[C@H]2COC[C@H]1CN(O)C2. The first-order valence-corrected chi connectivity index (χ1v) is 8.76. The maximum atomic E-state index is 13.1. The normalized spacial score (nSPS) is 26.1. The van der Waals surface area contributed by atoms with Crippen LogP contribution in [-0.4, -0.2) is 48.6 Å². The fourth-order valence-electron chi connectivity index (χ4n) is 3.30. The number of carbonyl (C=O) groups is 1. The van der Waals surface area contributed by atoms with Gasteiger partial charge in [-0.25, -0.2) is 0 Å². The molecule has 150 valence electrons. The van der Waals surface area contributed by atoms with E-state index in [1.54, 1.807) is 13.8 Å². The van der Waals surface area contributed by atoms with Gasteiger partial charge < -0.3 is 19.4 Å². The molecule has 0 unspecified atom stereocenters. The summed E-state index contributed by atoms with van der Waals surface area (Å²) < 4.78 is 55.8. The maximum absolute atomic E-state index is 13.1.